The van der Waals surface area contributed by atoms with E-state index in [-0.39, 0.29) is 5.41 Å². The van der Waals surface area contributed by atoms with Gasteiger partial charge in [0.05, 0.1) is 0 Å². The van der Waals surface area contributed by atoms with Crippen molar-refractivity contribution in [2.45, 2.75) is 58.5 Å². The van der Waals surface area contributed by atoms with Gasteiger partial charge in [-0.15, -0.1) is 0 Å². The lowest BCUT2D eigenvalue weighted by atomic mass is 9.86. The number of hydrogen-bond acceptors (Lipinski definition) is 1. The molecule has 1 N–H and O–H groups in total. The fraction of sp³-hybridized carbons (Fsp3) is 0.625. The van der Waals surface area contributed by atoms with Crippen molar-refractivity contribution < 1.29 is 0 Å². The fourth-order valence-corrected chi connectivity index (χ4v) is 2.24. The molecule has 17 heavy (non-hydrogen) atoms. The van der Waals surface area contributed by atoms with Gasteiger partial charge in [-0.2, -0.15) is 0 Å². The van der Waals surface area contributed by atoms with Crippen LogP contribution in [0.2, 0.25) is 0 Å². The van der Waals surface area contributed by atoms with E-state index >= 15 is 0 Å². The largest absolute Gasteiger partial charge is 0.307 e. The Morgan fingerprint density at radius 1 is 1.18 bits per heavy atom. The molecule has 0 aliphatic heterocycles. The second-order valence-corrected chi connectivity index (χ2v) is 6.58. The molecule has 1 fully saturated rings. The van der Waals surface area contributed by atoms with Crippen molar-refractivity contribution >= 4 is 0 Å². The highest BCUT2D eigenvalue weighted by atomic mass is 15.0. The third-order valence-electron chi connectivity index (χ3n) is 3.85. The fourth-order valence-electron chi connectivity index (χ4n) is 2.24. The minimum atomic E-state index is 0.250. The van der Waals surface area contributed by atoms with Crippen LogP contribution in [0.5, 0.6) is 0 Å². The van der Waals surface area contributed by atoms with E-state index in [9.17, 15) is 0 Å². The Morgan fingerprint density at radius 3 is 2.12 bits per heavy atom. The van der Waals surface area contributed by atoms with Crippen molar-refractivity contribution in [3.63, 3.8) is 0 Å². The number of nitrogens with one attached hydrogen (secondary N) is 1. The lowest BCUT2D eigenvalue weighted by molar-refractivity contribution is 0.550. The predicted molar refractivity (Wildman–Crippen MR) is 74.3 cm³/mol. The second kappa shape index (κ2) is 4.45. The van der Waals surface area contributed by atoms with Gasteiger partial charge in [-0.1, -0.05) is 52.0 Å². The smallest absolute Gasteiger partial charge is 0.0294 e. The molecule has 3 atom stereocenters. The van der Waals surface area contributed by atoms with Crippen LogP contribution in [0, 0.1) is 5.92 Å². The van der Waals surface area contributed by atoms with Crippen LogP contribution in [-0.4, -0.2) is 6.04 Å². The van der Waals surface area contributed by atoms with Crippen molar-refractivity contribution in [2.24, 2.45) is 5.92 Å². The quantitative estimate of drug-likeness (QED) is 0.827. The molecule has 2 rings (SSSR count). The SMILES string of the molecule is CC(NC1CC1C)c1ccc(C(C)(C)C)cc1. The monoisotopic (exact) mass is 231 g/mol. The molecular formula is C16H25N. The average Bonchev–Trinajstić information content (AvgIpc) is 2.93. The van der Waals surface area contributed by atoms with Gasteiger partial charge in [0, 0.05) is 12.1 Å². The first-order valence-corrected chi connectivity index (χ1v) is 6.74. The Balaban J connectivity index is 2.02. The molecule has 3 unspecified atom stereocenters. The highest BCUT2D eigenvalue weighted by Gasteiger charge is 2.33. The summed E-state index contributed by atoms with van der Waals surface area (Å²) in [6.45, 7) is 11.4. The minimum Gasteiger partial charge on any atom is -0.307 e. The van der Waals surface area contributed by atoms with Crippen LogP contribution in [0.4, 0.5) is 0 Å². The summed E-state index contributed by atoms with van der Waals surface area (Å²) in [5.41, 5.74) is 3.06. The molecule has 0 heterocycles. The molecule has 1 saturated carbocycles. The third kappa shape index (κ3) is 3.10. The third-order valence-corrected chi connectivity index (χ3v) is 3.85. The van der Waals surface area contributed by atoms with Crippen LogP contribution in [-0.2, 0) is 5.41 Å². The maximum atomic E-state index is 3.68. The summed E-state index contributed by atoms with van der Waals surface area (Å²) < 4.78 is 0. The van der Waals surface area contributed by atoms with Gasteiger partial charge in [-0.25, -0.2) is 0 Å². The van der Waals surface area contributed by atoms with Gasteiger partial charge in [0.1, 0.15) is 0 Å². The molecule has 0 spiro atoms. The zero-order valence-electron chi connectivity index (χ0n) is 11.7. The van der Waals surface area contributed by atoms with Crippen molar-refractivity contribution in [2.75, 3.05) is 0 Å². The standard InChI is InChI=1S/C16H25N/c1-11-10-15(11)17-12(2)13-6-8-14(9-7-13)16(3,4)5/h6-9,11-12,15,17H,10H2,1-5H3. The zero-order chi connectivity index (χ0) is 12.6. The van der Waals surface area contributed by atoms with Gasteiger partial charge in [0.15, 0.2) is 0 Å². The molecule has 94 valence electrons. The molecule has 1 heteroatoms. The van der Waals surface area contributed by atoms with Crippen LogP contribution in [0.3, 0.4) is 0 Å². The maximum Gasteiger partial charge on any atom is 0.0294 e. The van der Waals surface area contributed by atoms with E-state index in [1.807, 2.05) is 0 Å². The van der Waals surface area contributed by atoms with E-state index in [1.54, 1.807) is 0 Å². The van der Waals surface area contributed by atoms with Gasteiger partial charge >= 0.3 is 0 Å². The van der Waals surface area contributed by atoms with Crippen molar-refractivity contribution in [1.82, 2.24) is 5.32 Å². The molecule has 1 nitrogen and oxygen atoms in total. The summed E-state index contributed by atoms with van der Waals surface area (Å²) in [5.74, 6) is 0.867. The molecular weight excluding hydrogens is 206 g/mol. The van der Waals surface area contributed by atoms with Gasteiger partial charge in [0.25, 0.3) is 0 Å². The van der Waals surface area contributed by atoms with Gasteiger partial charge in [-0.05, 0) is 35.8 Å². The lowest BCUT2D eigenvalue weighted by Crippen LogP contribution is -2.22. The zero-order valence-corrected chi connectivity index (χ0v) is 11.7. The Kier molecular flexibility index (Phi) is 3.31. The number of hydrogen-bond donors (Lipinski definition) is 1. The molecule has 0 aromatic heterocycles. The van der Waals surface area contributed by atoms with E-state index in [0.29, 0.717) is 6.04 Å². The molecule has 0 bridgehead atoms. The second-order valence-electron chi connectivity index (χ2n) is 6.58. The topological polar surface area (TPSA) is 12.0 Å². The van der Waals surface area contributed by atoms with Gasteiger partial charge in [0.2, 0.25) is 0 Å². The molecule has 1 aromatic carbocycles. The predicted octanol–water partition coefficient (Wildman–Crippen LogP) is 4.04. The Morgan fingerprint density at radius 2 is 1.71 bits per heavy atom. The number of rotatable bonds is 3. The van der Waals surface area contributed by atoms with Crippen LogP contribution in [0.15, 0.2) is 24.3 Å². The van der Waals surface area contributed by atoms with Gasteiger partial charge in [-0.3, -0.25) is 0 Å². The summed E-state index contributed by atoms with van der Waals surface area (Å²) >= 11 is 0. The first-order valence-electron chi connectivity index (χ1n) is 6.74. The average molecular weight is 231 g/mol. The maximum absolute atomic E-state index is 3.68. The number of benzene rings is 1. The summed E-state index contributed by atoms with van der Waals surface area (Å²) in [5, 5.41) is 3.68. The van der Waals surface area contributed by atoms with Crippen molar-refractivity contribution in [3.8, 4) is 0 Å². The Labute approximate surface area is 106 Å². The van der Waals surface area contributed by atoms with Crippen molar-refractivity contribution in [1.29, 1.82) is 0 Å². The first-order chi connectivity index (χ1) is 7.88. The molecule has 1 aliphatic carbocycles. The normalized spacial score (nSPS) is 25.7. The minimum absolute atomic E-state index is 0.250. The highest BCUT2D eigenvalue weighted by Crippen LogP contribution is 2.32. The summed E-state index contributed by atoms with van der Waals surface area (Å²) in [6.07, 6.45) is 1.34. The molecule has 0 radical (unpaired) electrons. The van der Waals surface area contributed by atoms with Crippen LogP contribution < -0.4 is 5.32 Å². The van der Waals surface area contributed by atoms with E-state index in [1.165, 1.54) is 17.5 Å². The molecule has 1 aliphatic rings. The van der Waals surface area contributed by atoms with Gasteiger partial charge < -0.3 is 5.32 Å². The van der Waals surface area contributed by atoms with Crippen molar-refractivity contribution in [3.05, 3.63) is 35.4 Å². The van der Waals surface area contributed by atoms with E-state index in [2.05, 4.69) is 64.2 Å². The summed E-state index contributed by atoms with van der Waals surface area (Å²) in [6, 6.07) is 10.3. The molecule has 1 aromatic rings. The van der Waals surface area contributed by atoms with Crippen LogP contribution >= 0.6 is 0 Å². The molecule has 0 amide bonds. The summed E-state index contributed by atoms with van der Waals surface area (Å²) in [4.78, 5) is 0. The molecule has 0 saturated heterocycles. The summed E-state index contributed by atoms with van der Waals surface area (Å²) in [7, 11) is 0. The lowest BCUT2D eigenvalue weighted by Gasteiger charge is -2.20. The first kappa shape index (κ1) is 12.6. The van der Waals surface area contributed by atoms with Crippen LogP contribution in [0.25, 0.3) is 0 Å². The van der Waals surface area contributed by atoms with E-state index in [4.69, 9.17) is 0 Å². The van der Waals surface area contributed by atoms with E-state index < -0.39 is 0 Å². The van der Waals surface area contributed by atoms with Crippen LogP contribution in [0.1, 0.15) is 58.2 Å². The van der Waals surface area contributed by atoms with E-state index in [0.717, 1.165) is 12.0 Å². The highest BCUT2D eigenvalue weighted by molar-refractivity contribution is 5.29. The Hall–Kier alpha value is -0.820. The Bertz CT molecular complexity index is 372.